The van der Waals surface area contributed by atoms with Crippen LogP contribution in [0.2, 0.25) is 0 Å². The Kier molecular flexibility index (Phi) is 6.16. The summed E-state index contributed by atoms with van der Waals surface area (Å²) in [6.45, 7) is 0. The van der Waals surface area contributed by atoms with Crippen molar-refractivity contribution >= 4 is 37.8 Å². The van der Waals surface area contributed by atoms with Crippen LogP contribution in [0.4, 0.5) is 0 Å². The van der Waals surface area contributed by atoms with Crippen molar-refractivity contribution in [3.05, 3.63) is 34.9 Å². The molecule has 0 saturated heterocycles. The zero-order valence-corrected chi connectivity index (χ0v) is 12.4. The molecule has 0 aromatic heterocycles. The van der Waals surface area contributed by atoms with Crippen LogP contribution < -0.4 is 0 Å². The van der Waals surface area contributed by atoms with Gasteiger partial charge in [0, 0.05) is 10.7 Å². The molecule has 0 heterocycles. The van der Waals surface area contributed by atoms with E-state index in [1.54, 1.807) is 12.1 Å². The first kappa shape index (κ1) is 14.7. The van der Waals surface area contributed by atoms with Gasteiger partial charge in [0.25, 0.3) is 0 Å². The Hall–Kier alpha value is -0.390. The summed E-state index contributed by atoms with van der Waals surface area (Å²) in [6, 6.07) is 5.39. The minimum Gasteiger partial charge on any atom is -0.479 e. The number of aliphatic carboxylic acids is 1. The van der Waals surface area contributed by atoms with Gasteiger partial charge >= 0.3 is 5.97 Å². The highest BCUT2D eigenvalue weighted by Crippen LogP contribution is 2.25. The largest absolute Gasteiger partial charge is 0.479 e. The lowest BCUT2D eigenvalue weighted by atomic mass is 9.94. The molecule has 0 bridgehead atoms. The summed E-state index contributed by atoms with van der Waals surface area (Å²) in [5, 5.41) is 20.1. The highest BCUT2D eigenvalue weighted by molar-refractivity contribution is 9.09. The predicted octanol–water partition coefficient (Wildman–Crippen LogP) is 3.03. The Balaban J connectivity index is 3.13. The van der Waals surface area contributed by atoms with Crippen LogP contribution in [0.1, 0.15) is 29.2 Å². The number of aliphatic hydroxyl groups excluding tert-OH is 1. The molecule has 1 rings (SSSR count). The van der Waals surface area contributed by atoms with Gasteiger partial charge in [-0.2, -0.15) is 0 Å². The minimum atomic E-state index is -1.45. The average molecular weight is 366 g/mol. The van der Waals surface area contributed by atoms with Gasteiger partial charge in [-0.1, -0.05) is 50.1 Å². The van der Waals surface area contributed by atoms with Gasteiger partial charge in [0.15, 0.2) is 6.10 Å². The summed E-state index contributed by atoms with van der Waals surface area (Å²) in [5.41, 5.74) is 2.46. The van der Waals surface area contributed by atoms with Crippen molar-refractivity contribution in [2.75, 3.05) is 5.33 Å². The van der Waals surface area contributed by atoms with Crippen molar-refractivity contribution < 1.29 is 15.0 Å². The van der Waals surface area contributed by atoms with Crippen LogP contribution >= 0.6 is 31.9 Å². The number of carboxylic acids is 1. The van der Waals surface area contributed by atoms with E-state index in [4.69, 9.17) is 5.11 Å². The maximum absolute atomic E-state index is 10.9. The van der Waals surface area contributed by atoms with E-state index < -0.39 is 12.1 Å². The molecule has 1 atom stereocenters. The third kappa shape index (κ3) is 3.79. The van der Waals surface area contributed by atoms with Gasteiger partial charge in [0.2, 0.25) is 0 Å². The van der Waals surface area contributed by atoms with E-state index in [2.05, 4.69) is 31.9 Å². The van der Waals surface area contributed by atoms with Gasteiger partial charge in [0.1, 0.15) is 0 Å². The van der Waals surface area contributed by atoms with Gasteiger partial charge in [-0.15, -0.1) is 0 Å². The number of hydrogen-bond donors (Lipinski definition) is 2. The van der Waals surface area contributed by atoms with Crippen molar-refractivity contribution in [3.63, 3.8) is 0 Å². The molecule has 0 amide bonds. The molecule has 1 unspecified atom stereocenters. The smallest absolute Gasteiger partial charge is 0.337 e. The molecule has 0 fully saturated rings. The second-order valence-corrected chi connectivity index (χ2v) is 5.01. The number of carboxylic acid groups (broad SMARTS) is 1. The summed E-state index contributed by atoms with van der Waals surface area (Å²) >= 11 is 6.73. The number of hydrogen-bond acceptors (Lipinski definition) is 2. The Morgan fingerprint density at radius 3 is 2.59 bits per heavy atom. The monoisotopic (exact) mass is 364 g/mol. The van der Waals surface area contributed by atoms with Crippen LogP contribution in [0, 0.1) is 0 Å². The SMILES string of the molecule is O=C(O)C(O)c1cccc(CBr)c1CCCBr. The Bertz CT molecular complexity index is 393. The molecule has 0 radical (unpaired) electrons. The maximum Gasteiger partial charge on any atom is 0.337 e. The zero-order valence-electron chi connectivity index (χ0n) is 9.20. The fourth-order valence-electron chi connectivity index (χ4n) is 1.72. The number of alkyl halides is 2. The summed E-state index contributed by atoms with van der Waals surface area (Å²) in [7, 11) is 0. The zero-order chi connectivity index (χ0) is 12.8. The van der Waals surface area contributed by atoms with Crippen LogP contribution in [0.25, 0.3) is 0 Å². The fourth-order valence-corrected chi connectivity index (χ4v) is 2.52. The summed E-state index contributed by atoms with van der Waals surface area (Å²) in [5.74, 6) is -1.21. The van der Waals surface area contributed by atoms with Crippen LogP contribution in [-0.4, -0.2) is 21.5 Å². The lowest BCUT2D eigenvalue weighted by molar-refractivity contribution is -0.147. The highest BCUT2D eigenvalue weighted by atomic mass is 79.9. The van der Waals surface area contributed by atoms with Crippen LogP contribution in [0.5, 0.6) is 0 Å². The van der Waals surface area contributed by atoms with E-state index in [-0.39, 0.29) is 0 Å². The maximum atomic E-state index is 10.9. The summed E-state index contributed by atoms with van der Waals surface area (Å²) < 4.78 is 0. The quantitative estimate of drug-likeness (QED) is 0.762. The van der Waals surface area contributed by atoms with Crippen molar-refractivity contribution in [1.29, 1.82) is 0 Å². The second-order valence-electron chi connectivity index (χ2n) is 3.65. The molecule has 0 aliphatic rings. The molecule has 5 heteroatoms. The van der Waals surface area contributed by atoms with Crippen molar-refractivity contribution in [1.82, 2.24) is 0 Å². The molecular weight excluding hydrogens is 352 g/mol. The third-order valence-electron chi connectivity index (χ3n) is 2.54. The van der Waals surface area contributed by atoms with Crippen LogP contribution in [0.3, 0.4) is 0 Å². The predicted molar refractivity (Wildman–Crippen MR) is 73.8 cm³/mol. The molecule has 1 aromatic carbocycles. The van der Waals surface area contributed by atoms with Crippen molar-refractivity contribution in [2.45, 2.75) is 24.3 Å². The Morgan fingerprint density at radius 2 is 2.06 bits per heavy atom. The lowest BCUT2D eigenvalue weighted by Crippen LogP contribution is -2.14. The first-order valence-corrected chi connectivity index (χ1v) is 7.49. The van der Waals surface area contributed by atoms with Gasteiger partial charge < -0.3 is 10.2 Å². The molecule has 0 aliphatic heterocycles. The van der Waals surface area contributed by atoms with Crippen LogP contribution in [-0.2, 0) is 16.5 Å². The Morgan fingerprint density at radius 1 is 1.35 bits per heavy atom. The molecule has 0 saturated carbocycles. The van der Waals surface area contributed by atoms with Gasteiger partial charge in [0.05, 0.1) is 0 Å². The van der Waals surface area contributed by atoms with E-state index in [9.17, 15) is 9.90 Å². The molecule has 94 valence electrons. The normalized spacial score (nSPS) is 12.4. The number of benzene rings is 1. The molecule has 2 N–H and O–H groups in total. The standard InChI is InChI=1S/C12H14Br2O3/c13-6-2-5-9-8(7-14)3-1-4-10(9)11(15)12(16)17/h1,3-4,11,15H,2,5-7H2,(H,16,17). The molecule has 3 nitrogen and oxygen atoms in total. The van der Waals surface area contributed by atoms with Gasteiger partial charge in [-0.25, -0.2) is 4.79 Å². The molecule has 17 heavy (non-hydrogen) atoms. The van der Waals surface area contributed by atoms with E-state index in [1.165, 1.54) is 0 Å². The van der Waals surface area contributed by atoms with Crippen molar-refractivity contribution in [2.24, 2.45) is 0 Å². The summed E-state index contributed by atoms with van der Waals surface area (Å²) in [4.78, 5) is 10.9. The van der Waals surface area contributed by atoms with E-state index in [0.717, 1.165) is 29.3 Å². The van der Waals surface area contributed by atoms with Crippen LogP contribution in [0.15, 0.2) is 18.2 Å². The highest BCUT2D eigenvalue weighted by Gasteiger charge is 2.20. The van der Waals surface area contributed by atoms with E-state index in [0.29, 0.717) is 10.9 Å². The molecular formula is C12H14Br2O3. The first-order chi connectivity index (χ1) is 8.11. The summed E-state index contributed by atoms with van der Waals surface area (Å²) in [6.07, 6.45) is 0.218. The molecule has 0 spiro atoms. The third-order valence-corrected chi connectivity index (χ3v) is 3.71. The fraction of sp³-hybridized carbons (Fsp3) is 0.417. The Labute approximate surface area is 117 Å². The number of rotatable bonds is 6. The van der Waals surface area contributed by atoms with Crippen molar-refractivity contribution in [3.8, 4) is 0 Å². The topological polar surface area (TPSA) is 57.5 Å². The number of carbonyl (C=O) groups is 1. The van der Waals surface area contributed by atoms with Gasteiger partial charge in [-0.3, -0.25) is 0 Å². The number of halogens is 2. The van der Waals surface area contributed by atoms with Gasteiger partial charge in [-0.05, 0) is 29.5 Å². The second kappa shape index (κ2) is 7.13. The molecule has 1 aromatic rings. The number of aliphatic hydroxyl groups is 1. The average Bonchev–Trinajstić information content (AvgIpc) is 2.34. The lowest BCUT2D eigenvalue weighted by Gasteiger charge is -2.15. The molecule has 0 aliphatic carbocycles. The minimum absolute atomic E-state index is 0.496. The first-order valence-electron chi connectivity index (χ1n) is 5.25. The van der Waals surface area contributed by atoms with E-state index in [1.807, 2.05) is 6.07 Å². The van der Waals surface area contributed by atoms with E-state index >= 15 is 0 Å².